The maximum Gasteiger partial charge on any atom is 0.248 e. The van der Waals surface area contributed by atoms with Gasteiger partial charge in [0.2, 0.25) is 5.91 Å². The van der Waals surface area contributed by atoms with Crippen LogP contribution in [0, 0.1) is 11.2 Å². The summed E-state index contributed by atoms with van der Waals surface area (Å²) in [7, 11) is 0. The number of nitrogens with one attached hydrogen (secondary N) is 1. The van der Waals surface area contributed by atoms with E-state index in [0.29, 0.717) is 29.9 Å². The Kier molecular flexibility index (Phi) is 5.59. The van der Waals surface area contributed by atoms with E-state index < -0.39 is 5.91 Å². The second-order valence-electron chi connectivity index (χ2n) is 8.38. The fraction of sp³-hybridized carbons (Fsp3) is 0.192. The van der Waals surface area contributed by atoms with Crippen LogP contribution in [0.25, 0.3) is 27.8 Å². The van der Waals surface area contributed by atoms with Gasteiger partial charge in [-0.3, -0.25) is 4.79 Å². The molecule has 1 aliphatic rings. The number of carbonyl (C=O) groups is 1. The minimum atomic E-state index is -0.497. The first-order valence-electron chi connectivity index (χ1n) is 11.1. The van der Waals surface area contributed by atoms with Gasteiger partial charge >= 0.3 is 0 Å². The predicted molar refractivity (Wildman–Crippen MR) is 130 cm³/mol. The van der Waals surface area contributed by atoms with Gasteiger partial charge in [-0.15, -0.1) is 0 Å². The lowest BCUT2D eigenvalue weighted by molar-refractivity contribution is 0.0843. The first kappa shape index (κ1) is 21.8. The van der Waals surface area contributed by atoms with Crippen molar-refractivity contribution < 1.29 is 13.9 Å². The van der Waals surface area contributed by atoms with Crippen LogP contribution in [-0.2, 0) is 4.74 Å². The zero-order chi connectivity index (χ0) is 23.8. The average molecular weight is 458 g/mol. The molecule has 0 aliphatic carbocycles. The van der Waals surface area contributed by atoms with Crippen LogP contribution >= 0.6 is 0 Å². The van der Waals surface area contributed by atoms with E-state index in [1.165, 1.54) is 18.3 Å². The van der Waals surface area contributed by atoms with Crippen LogP contribution < -0.4 is 11.5 Å². The number of halogens is 1. The number of hydrogen-bond donors (Lipinski definition) is 3. The molecule has 4 aromatic rings. The van der Waals surface area contributed by atoms with E-state index in [4.69, 9.17) is 26.6 Å². The van der Waals surface area contributed by atoms with E-state index in [1.807, 2.05) is 18.2 Å². The summed E-state index contributed by atoms with van der Waals surface area (Å²) in [6.45, 7) is 1.27. The Morgan fingerprint density at radius 3 is 2.41 bits per heavy atom. The number of amides is 1. The molecule has 8 heteroatoms. The van der Waals surface area contributed by atoms with Crippen molar-refractivity contribution in [2.75, 3.05) is 18.9 Å². The quantitative estimate of drug-likeness (QED) is 0.385. The van der Waals surface area contributed by atoms with Crippen molar-refractivity contribution in [1.29, 1.82) is 5.41 Å². The Labute approximate surface area is 195 Å². The summed E-state index contributed by atoms with van der Waals surface area (Å²) in [6, 6.07) is 15.3. The van der Waals surface area contributed by atoms with Crippen LogP contribution in [0.4, 0.5) is 10.2 Å². The Morgan fingerprint density at radius 2 is 1.79 bits per heavy atom. The van der Waals surface area contributed by atoms with E-state index in [2.05, 4.69) is 4.57 Å². The lowest BCUT2D eigenvalue weighted by Crippen LogP contribution is -2.17. The number of hydrogen-bond acceptors (Lipinski definition) is 5. The van der Waals surface area contributed by atoms with Gasteiger partial charge < -0.3 is 26.2 Å². The lowest BCUT2D eigenvalue weighted by Gasteiger charge is -2.25. The predicted octanol–water partition coefficient (Wildman–Crippen LogP) is 4.40. The number of nitrogens with zero attached hydrogens (tertiary/aromatic N) is 2. The Bertz CT molecular complexity index is 1390. The van der Waals surface area contributed by atoms with Crippen LogP contribution in [0.15, 0.2) is 54.6 Å². The van der Waals surface area contributed by atoms with Gasteiger partial charge in [0.05, 0.1) is 11.0 Å². The number of rotatable bonds is 5. The van der Waals surface area contributed by atoms with Gasteiger partial charge in [0.1, 0.15) is 11.6 Å². The highest BCUT2D eigenvalue weighted by Crippen LogP contribution is 2.43. The molecular formula is C26H24FN5O2. The van der Waals surface area contributed by atoms with Crippen molar-refractivity contribution in [3.63, 3.8) is 0 Å². The van der Waals surface area contributed by atoms with Gasteiger partial charge in [-0.1, -0.05) is 12.1 Å². The Hall–Kier alpha value is -4.04. The molecule has 3 heterocycles. The number of aromatic nitrogens is 2. The van der Waals surface area contributed by atoms with E-state index in [0.717, 1.165) is 40.9 Å². The molecule has 2 aromatic carbocycles. The molecule has 2 aromatic heterocycles. The number of anilines is 1. The number of nitrogens with two attached hydrogens (primary N) is 2. The van der Waals surface area contributed by atoms with E-state index >= 15 is 0 Å². The molecule has 1 amide bonds. The summed E-state index contributed by atoms with van der Waals surface area (Å²) in [5.41, 5.74) is 17.6. The van der Waals surface area contributed by atoms with Crippen molar-refractivity contribution in [2.24, 2.45) is 5.73 Å². The molecule has 172 valence electrons. The summed E-state index contributed by atoms with van der Waals surface area (Å²) in [6.07, 6.45) is 2.81. The molecular weight excluding hydrogens is 433 g/mol. The molecule has 7 nitrogen and oxygen atoms in total. The van der Waals surface area contributed by atoms with Crippen molar-refractivity contribution in [1.82, 2.24) is 9.55 Å². The molecule has 0 radical (unpaired) electrons. The maximum atomic E-state index is 13.8. The maximum absolute atomic E-state index is 13.8. The van der Waals surface area contributed by atoms with Crippen molar-refractivity contribution in [3.8, 4) is 16.8 Å². The first-order chi connectivity index (χ1) is 16.5. The standard InChI is InChI=1S/C26H24FN5O2/c27-19-5-7-20(8-6-19)32-21-13-18(14-28)25(29)31-23(21)22(24(32)16-9-11-34-12-10-16)15-1-3-17(4-2-15)26(30)33/h1-8,13-14,16,28H,9-12H2,(H2,29,31)(H2,30,33). The van der Waals surface area contributed by atoms with Crippen LogP contribution in [0.5, 0.6) is 0 Å². The van der Waals surface area contributed by atoms with E-state index in [-0.39, 0.29) is 17.6 Å². The molecule has 5 rings (SSSR count). The molecule has 1 aliphatic heterocycles. The molecule has 0 spiro atoms. The third kappa shape index (κ3) is 3.72. The minimum Gasteiger partial charge on any atom is -0.383 e. The topological polar surface area (TPSA) is 120 Å². The zero-order valence-electron chi connectivity index (χ0n) is 18.4. The van der Waals surface area contributed by atoms with Gasteiger partial charge in [0.25, 0.3) is 0 Å². The van der Waals surface area contributed by atoms with Crippen LogP contribution in [-0.4, -0.2) is 34.9 Å². The van der Waals surface area contributed by atoms with E-state index in [9.17, 15) is 9.18 Å². The van der Waals surface area contributed by atoms with Gasteiger partial charge in [-0.25, -0.2) is 9.37 Å². The fourth-order valence-corrected chi connectivity index (χ4v) is 4.68. The number of pyridine rings is 1. The second kappa shape index (κ2) is 8.72. The molecule has 1 fully saturated rings. The SMILES string of the molecule is N=Cc1cc2c(nc1N)c(-c1ccc(C(N)=O)cc1)c(C1CCOCC1)n2-c1ccc(F)cc1. The molecule has 1 saturated heterocycles. The molecule has 0 unspecified atom stereocenters. The van der Waals surface area contributed by atoms with Crippen molar-refractivity contribution >= 4 is 29.0 Å². The van der Waals surface area contributed by atoms with Crippen molar-refractivity contribution in [2.45, 2.75) is 18.8 Å². The molecule has 5 N–H and O–H groups in total. The zero-order valence-corrected chi connectivity index (χ0v) is 18.4. The number of nitrogen functional groups attached to an aromatic ring is 1. The number of primary amides is 1. The minimum absolute atomic E-state index is 0.156. The Balaban J connectivity index is 1.88. The fourth-order valence-electron chi connectivity index (χ4n) is 4.68. The second-order valence-corrected chi connectivity index (χ2v) is 8.38. The molecule has 34 heavy (non-hydrogen) atoms. The third-order valence-electron chi connectivity index (χ3n) is 6.34. The molecule has 0 bridgehead atoms. The van der Waals surface area contributed by atoms with Crippen molar-refractivity contribution in [3.05, 3.63) is 77.2 Å². The monoisotopic (exact) mass is 457 g/mol. The number of carbonyl (C=O) groups excluding carboxylic acids is 1. The highest BCUT2D eigenvalue weighted by Gasteiger charge is 2.29. The number of ether oxygens (including phenoxy) is 1. The van der Waals surface area contributed by atoms with E-state index in [1.54, 1.807) is 24.3 Å². The third-order valence-corrected chi connectivity index (χ3v) is 6.34. The van der Waals surface area contributed by atoms with Crippen LogP contribution in [0.1, 0.15) is 40.4 Å². The average Bonchev–Trinajstić information content (AvgIpc) is 3.18. The highest BCUT2D eigenvalue weighted by molar-refractivity contribution is 6.01. The van der Waals surface area contributed by atoms with Gasteiger partial charge in [0.15, 0.2) is 0 Å². The molecule has 0 atom stereocenters. The molecule has 0 saturated carbocycles. The Morgan fingerprint density at radius 1 is 1.12 bits per heavy atom. The summed E-state index contributed by atoms with van der Waals surface area (Å²) in [5.74, 6) is -0.406. The number of fused-ring (bicyclic) bond motifs is 1. The largest absolute Gasteiger partial charge is 0.383 e. The first-order valence-corrected chi connectivity index (χ1v) is 11.1. The normalized spacial score (nSPS) is 14.4. The summed E-state index contributed by atoms with van der Waals surface area (Å²) < 4.78 is 21.5. The summed E-state index contributed by atoms with van der Waals surface area (Å²) in [5, 5.41) is 7.78. The van der Waals surface area contributed by atoms with Crippen LogP contribution in [0.2, 0.25) is 0 Å². The smallest absolute Gasteiger partial charge is 0.248 e. The highest BCUT2D eigenvalue weighted by atomic mass is 19.1. The summed E-state index contributed by atoms with van der Waals surface area (Å²) >= 11 is 0. The van der Waals surface area contributed by atoms with Gasteiger partial charge in [-0.05, 0) is 60.9 Å². The number of benzene rings is 2. The lowest BCUT2D eigenvalue weighted by atomic mass is 9.90. The summed E-state index contributed by atoms with van der Waals surface area (Å²) in [4.78, 5) is 16.3. The van der Waals surface area contributed by atoms with Crippen LogP contribution in [0.3, 0.4) is 0 Å². The van der Waals surface area contributed by atoms with Gasteiger partial charge in [-0.2, -0.15) is 0 Å². The van der Waals surface area contributed by atoms with Gasteiger partial charge in [0, 0.05) is 53.4 Å².